The Morgan fingerprint density at radius 2 is 2.22 bits per heavy atom. The molecule has 0 saturated heterocycles. The van der Waals surface area contributed by atoms with Crippen molar-refractivity contribution in [3.8, 4) is 5.88 Å². The van der Waals surface area contributed by atoms with Crippen molar-refractivity contribution in [2.75, 3.05) is 11.9 Å². The third-order valence-corrected chi connectivity index (χ3v) is 5.71. The van der Waals surface area contributed by atoms with Crippen molar-refractivity contribution in [3.05, 3.63) is 50.6 Å². The number of ether oxygens (including phenoxy) is 1. The van der Waals surface area contributed by atoms with Gasteiger partial charge in [-0.3, -0.25) is 14.9 Å². The van der Waals surface area contributed by atoms with E-state index in [9.17, 15) is 14.9 Å². The predicted molar refractivity (Wildman–Crippen MR) is 101 cm³/mol. The molecule has 138 valence electrons. The number of non-ortho nitro benzene ring substituents is 1. The van der Waals surface area contributed by atoms with Crippen molar-refractivity contribution in [2.45, 2.75) is 26.2 Å². The lowest BCUT2D eigenvalue weighted by atomic mass is 10.2. The third kappa shape index (κ3) is 3.33. The molecule has 1 aliphatic carbocycles. The minimum Gasteiger partial charge on any atom is -0.467 e. The number of aromatic nitrogens is 2. The van der Waals surface area contributed by atoms with E-state index in [0.717, 1.165) is 35.0 Å². The van der Waals surface area contributed by atoms with Crippen LogP contribution in [0.5, 0.6) is 5.88 Å². The standard InChI is InChI=1S/C18H16N4O4S/c1-10-5-6-11(22(24)25)7-13(10)21-15(23)8-26-17-16-12-3-2-4-14(12)27-18(16)20-9-19-17/h5-7,9H,2-4,8H2,1H3,(H,21,23). The van der Waals surface area contributed by atoms with Gasteiger partial charge in [0.1, 0.15) is 11.2 Å². The summed E-state index contributed by atoms with van der Waals surface area (Å²) in [6.07, 6.45) is 4.56. The third-order valence-electron chi connectivity index (χ3n) is 4.51. The lowest BCUT2D eigenvalue weighted by molar-refractivity contribution is -0.384. The Hall–Kier alpha value is -3.07. The SMILES string of the molecule is Cc1ccc([N+](=O)[O-])cc1NC(=O)COc1ncnc2sc3c(c12)CCC3. The highest BCUT2D eigenvalue weighted by Crippen LogP contribution is 2.39. The molecule has 0 atom stereocenters. The summed E-state index contributed by atoms with van der Waals surface area (Å²) in [6, 6.07) is 4.33. The van der Waals surface area contributed by atoms with Crippen LogP contribution in [0.3, 0.4) is 0 Å². The van der Waals surface area contributed by atoms with Crippen LogP contribution in [0.1, 0.15) is 22.4 Å². The van der Waals surface area contributed by atoms with E-state index in [-0.39, 0.29) is 12.3 Å². The van der Waals surface area contributed by atoms with E-state index >= 15 is 0 Å². The molecule has 1 N–H and O–H groups in total. The number of nitrogens with one attached hydrogen (secondary N) is 1. The molecule has 0 aliphatic heterocycles. The lowest BCUT2D eigenvalue weighted by Crippen LogP contribution is -2.21. The predicted octanol–water partition coefficient (Wildman–Crippen LogP) is 3.41. The van der Waals surface area contributed by atoms with E-state index in [1.165, 1.54) is 28.9 Å². The molecule has 2 aromatic heterocycles. The van der Waals surface area contributed by atoms with Crippen LogP contribution in [0.25, 0.3) is 10.2 Å². The minimum absolute atomic E-state index is 0.0804. The highest BCUT2D eigenvalue weighted by molar-refractivity contribution is 7.18. The summed E-state index contributed by atoms with van der Waals surface area (Å²) in [5.74, 6) is 0.00236. The highest BCUT2D eigenvalue weighted by Gasteiger charge is 2.22. The molecule has 1 aromatic carbocycles. The largest absolute Gasteiger partial charge is 0.467 e. The number of benzene rings is 1. The fourth-order valence-corrected chi connectivity index (χ4v) is 4.41. The Kier molecular flexibility index (Phi) is 4.44. The van der Waals surface area contributed by atoms with Crippen LogP contribution in [0, 0.1) is 17.0 Å². The Balaban J connectivity index is 1.50. The first-order valence-corrected chi connectivity index (χ1v) is 9.27. The van der Waals surface area contributed by atoms with Gasteiger partial charge in [0.25, 0.3) is 11.6 Å². The van der Waals surface area contributed by atoms with E-state index in [2.05, 4.69) is 15.3 Å². The van der Waals surface area contributed by atoms with Gasteiger partial charge in [0.2, 0.25) is 5.88 Å². The second-order valence-electron chi connectivity index (χ2n) is 6.31. The molecular formula is C18H16N4O4S. The molecule has 0 saturated carbocycles. The molecule has 0 spiro atoms. The number of nitrogens with zero attached hydrogens (tertiary/aromatic N) is 3. The lowest BCUT2D eigenvalue weighted by Gasteiger charge is -2.10. The van der Waals surface area contributed by atoms with Crippen molar-refractivity contribution in [1.29, 1.82) is 0 Å². The Morgan fingerprint density at radius 3 is 3.04 bits per heavy atom. The van der Waals surface area contributed by atoms with Crippen molar-refractivity contribution in [2.24, 2.45) is 0 Å². The summed E-state index contributed by atoms with van der Waals surface area (Å²) in [5.41, 5.74) is 2.26. The summed E-state index contributed by atoms with van der Waals surface area (Å²) in [6.45, 7) is 1.53. The number of hydrogen-bond donors (Lipinski definition) is 1. The molecule has 3 aromatic rings. The van der Waals surface area contributed by atoms with Gasteiger partial charge in [-0.1, -0.05) is 6.07 Å². The van der Waals surface area contributed by atoms with E-state index in [0.29, 0.717) is 11.6 Å². The number of amides is 1. The van der Waals surface area contributed by atoms with Crippen molar-refractivity contribution < 1.29 is 14.5 Å². The number of anilines is 1. The molecule has 0 unspecified atom stereocenters. The maximum absolute atomic E-state index is 12.3. The topological polar surface area (TPSA) is 107 Å². The first kappa shape index (κ1) is 17.3. The number of rotatable bonds is 5. The highest BCUT2D eigenvalue weighted by atomic mass is 32.1. The summed E-state index contributed by atoms with van der Waals surface area (Å²) >= 11 is 1.65. The van der Waals surface area contributed by atoms with Gasteiger partial charge in [0.05, 0.1) is 16.0 Å². The van der Waals surface area contributed by atoms with Crippen LogP contribution in [-0.2, 0) is 17.6 Å². The smallest absolute Gasteiger partial charge is 0.271 e. The average Bonchev–Trinajstić information content (AvgIpc) is 3.22. The fraction of sp³-hybridized carbons (Fsp3) is 0.278. The van der Waals surface area contributed by atoms with Gasteiger partial charge in [-0.2, -0.15) is 0 Å². The molecule has 0 fully saturated rings. The molecule has 9 heteroatoms. The van der Waals surface area contributed by atoms with Gasteiger partial charge in [-0.15, -0.1) is 11.3 Å². The van der Waals surface area contributed by atoms with Gasteiger partial charge in [0, 0.05) is 17.0 Å². The fourth-order valence-electron chi connectivity index (χ4n) is 3.19. The number of carbonyl (C=O) groups is 1. The normalized spacial score (nSPS) is 12.8. The van der Waals surface area contributed by atoms with Gasteiger partial charge in [-0.25, -0.2) is 9.97 Å². The zero-order valence-corrected chi connectivity index (χ0v) is 15.3. The van der Waals surface area contributed by atoms with Gasteiger partial charge >= 0.3 is 0 Å². The number of nitro benzene ring substituents is 1. The van der Waals surface area contributed by atoms with Crippen LogP contribution < -0.4 is 10.1 Å². The van der Waals surface area contributed by atoms with Crippen LogP contribution in [0.15, 0.2) is 24.5 Å². The van der Waals surface area contributed by atoms with Crippen molar-refractivity contribution >= 4 is 38.8 Å². The molecule has 2 heterocycles. The number of aryl methyl sites for hydroxylation is 3. The number of carbonyl (C=O) groups excluding carboxylic acids is 1. The Morgan fingerprint density at radius 1 is 1.37 bits per heavy atom. The van der Waals surface area contributed by atoms with E-state index in [4.69, 9.17) is 4.74 Å². The minimum atomic E-state index is -0.500. The molecular weight excluding hydrogens is 368 g/mol. The first-order chi connectivity index (χ1) is 13.0. The Labute approximate surface area is 158 Å². The molecule has 8 nitrogen and oxygen atoms in total. The number of thiophene rings is 1. The Bertz CT molecular complexity index is 1060. The maximum atomic E-state index is 12.3. The monoisotopic (exact) mass is 384 g/mol. The molecule has 0 bridgehead atoms. The average molecular weight is 384 g/mol. The van der Waals surface area contributed by atoms with Crippen LogP contribution >= 0.6 is 11.3 Å². The number of nitro groups is 1. The van der Waals surface area contributed by atoms with Gasteiger partial charge in [0.15, 0.2) is 6.61 Å². The van der Waals surface area contributed by atoms with E-state index < -0.39 is 10.8 Å². The molecule has 1 amide bonds. The van der Waals surface area contributed by atoms with Gasteiger partial charge < -0.3 is 10.1 Å². The zero-order valence-electron chi connectivity index (χ0n) is 14.5. The first-order valence-electron chi connectivity index (χ1n) is 8.46. The number of hydrogen-bond acceptors (Lipinski definition) is 7. The summed E-state index contributed by atoms with van der Waals surface area (Å²) < 4.78 is 5.66. The maximum Gasteiger partial charge on any atom is 0.271 e. The van der Waals surface area contributed by atoms with Crippen LogP contribution in [0.2, 0.25) is 0 Å². The van der Waals surface area contributed by atoms with Crippen molar-refractivity contribution in [1.82, 2.24) is 9.97 Å². The summed E-state index contributed by atoms with van der Waals surface area (Å²) in [7, 11) is 0. The molecule has 4 rings (SSSR count). The molecule has 27 heavy (non-hydrogen) atoms. The quantitative estimate of drug-likeness (QED) is 0.533. The van der Waals surface area contributed by atoms with E-state index in [1.54, 1.807) is 24.3 Å². The van der Waals surface area contributed by atoms with Crippen LogP contribution in [0.4, 0.5) is 11.4 Å². The second kappa shape index (κ2) is 6.92. The van der Waals surface area contributed by atoms with Gasteiger partial charge in [-0.05, 0) is 37.3 Å². The zero-order chi connectivity index (χ0) is 19.0. The van der Waals surface area contributed by atoms with E-state index in [1.807, 2.05) is 0 Å². The molecule has 0 radical (unpaired) electrons. The summed E-state index contributed by atoms with van der Waals surface area (Å²) in [4.78, 5) is 33.4. The second-order valence-corrected chi connectivity index (χ2v) is 7.39. The number of fused-ring (bicyclic) bond motifs is 3. The van der Waals surface area contributed by atoms with Crippen LogP contribution in [-0.4, -0.2) is 27.4 Å². The molecule has 1 aliphatic rings. The van der Waals surface area contributed by atoms with Crippen molar-refractivity contribution in [3.63, 3.8) is 0 Å². The summed E-state index contributed by atoms with van der Waals surface area (Å²) in [5, 5.41) is 14.5.